The van der Waals surface area contributed by atoms with Gasteiger partial charge in [-0.1, -0.05) is 42.1 Å². The number of allylic oxidation sites excluding steroid dienone is 1. The highest BCUT2D eigenvalue weighted by Gasteiger charge is 2.24. The van der Waals surface area contributed by atoms with Crippen LogP contribution in [0.2, 0.25) is 0 Å². The Bertz CT molecular complexity index is 301. The summed E-state index contributed by atoms with van der Waals surface area (Å²) in [4.78, 5) is 0.786. The first-order chi connectivity index (χ1) is 8.75. The maximum Gasteiger partial charge on any atom is 0.0148 e. The van der Waals surface area contributed by atoms with Gasteiger partial charge in [0.2, 0.25) is 0 Å². The molecule has 0 aliphatic heterocycles. The van der Waals surface area contributed by atoms with Gasteiger partial charge in [-0.3, -0.25) is 0 Å². The van der Waals surface area contributed by atoms with Crippen molar-refractivity contribution in [3.05, 3.63) is 17.9 Å². The molecular formula is C17H27Br. The second kappa shape index (κ2) is 7.56. The zero-order valence-electron chi connectivity index (χ0n) is 11.7. The quantitative estimate of drug-likeness (QED) is 0.340. The average Bonchev–Trinajstić information content (AvgIpc) is 2.53. The number of hydrogen-bond acceptors (Lipinski definition) is 0. The van der Waals surface area contributed by atoms with E-state index in [0.29, 0.717) is 0 Å². The summed E-state index contributed by atoms with van der Waals surface area (Å²) in [5, 5.41) is 0. The monoisotopic (exact) mass is 310 g/mol. The molecule has 2 aliphatic rings. The van der Waals surface area contributed by atoms with Crippen LogP contribution in [0.3, 0.4) is 0 Å². The second-order valence-electron chi connectivity index (χ2n) is 6.34. The lowest BCUT2D eigenvalue weighted by molar-refractivity contribution is 0.254. The Morgan fingerprint density at radius 2 is 2.00 bits per heavy atom. The Balaban J connectivity index is 1.88. The predicted octanol–water partition coefficient (Wildman–Crippen LogP) is 5.87. The van der Waals surface area contributed by atoms with Gasteiger partial charge < -0.3 is 0 Å². The van der Waals surface area contributed by atoms with E-state index < -0.39 is 0 Å². The van der Waals surface area contributed by atoms with Crippen LogP contribution in [-0.2, 0) is 0 Å². The number of rotatable bonds is 2. The van der Waals surface area contributed by atoms with Crippen molar-refractivity contribution < 1.29 is 0 Å². The maximum atomic E-state index is 3.86. The van der Waals surface area contributed by atoms with Gasteiger partial charge in [0, 0.05) is 4.83 Å². The van der Waals surface area contributed by atoms with E-state index in [1.165, 1.54) is 57.8 Å². The van der Waals surface area contributed by atoms with Gasteiger partial charge in [0.15, 0.2) is 0 Å². The zero-order valence-corrected chi connectivity index (χ0v) is 13.3. The van der Waals surface area contributed by atoms with Crippen molar-refractivity contribution in [2.75, 3.05) is 0 Å². The molecule has 0 radical (unpaired) electrons. The standard InChI is InChI=1S/C17H27Br/c1-14-8-4-2-3-5-10-16(14)12-15-9-6-7-11-17(18)13-15/h3-4,14-17H,5-13H2,1H3/t2?,14?,15?,16?,17-/m0/s1. The van der Waals surface area contributed by atoms with Gasteiger partial charge in [-0.15, -0.1) is 5.73 Å². The SMILES string of the molecule is CC1CC=C=CCCC1CC1CCCC[C@H](Br)C1. The van der Waals surface area contributed by atoms with Crippen LogP contribution in [0.5, 0.6) is 0 Å². The molecule has 4 atom stereocenters. The van der Waals surface area contributed by atoms with Crippen LogP contribution < -0.4 is 0 Å². The van der Waals surface area contributed by atoms with Crippen molar-refractivity contribution in [3.8, 4) is 0 Å². The molecule has 0 bridgehead atoms. The highest BCUT2D eigenvalue weighted by atomic mass is 79.9. The fourth-order valence-electron chi connectivity index (χ4n) is 3.58. The van der Waals surface area contributed by atoms with Gasteiger partial charge in [0.1, 0.15) is 0 Å². The third-order valence-corrected chi connectivity index (χ3v) is 5.65. The third-order valence-electron chi connectivity index (χ3n) is 4.82. The van der Waals surface area contributed by atoms with Gasteiger partial charge in [0.25, 0.3) is 0 Å². The summed E-state index contributed by atoms with van der Waals surface area (Å²) in [6.07, 6.45) is 16.9. The smallest absolute Gasteiger partial charge is 0.0148 e. The summed E-state index contributed by atoms with van der Waals surface area (Å²) in [5.41, 5.74) is 3.30. The summed E-state index contributed by atoms with van der Waals surface area (Å²) in [7, 11) is 0. The van der Waals surface area contributed by atoms with E-state index in [-0.39, 0.29) is 0 Å². The molecule has 0 aromatic rings. The highest BCUT2D eigenvalue weighted by Crippen LogP contribution is 2.36. The van der Waals surface area contributed by atoms with Crippen LogP contribution in [0.1, 0.15) is 64.7 Å². The molecule has 0 aromatic carbocycles. The molecule has 0 N–H and O–H groups in total. The molecule has 0 spiro atoms. The van der Waals surface area contributed by atoms with Gasteiger partial charge in [-0.25, -0.2) is 0 Å². The molecule has 0 nitrogen and oxygen atoms in total. The predicted molar refractivity (Wildman–Crippen MR) is 83.1 cm³/mol. The van der Waals surface area contributed by atoms with Crippen molar-refractivity contribution in [1.29, 1.82) is 0 Å². The van der Waals surface area contributed by atoms with Crippen LogP contribution in [0, 0.1) is 17.8 Å². The third kappa shape index (κ3) is 4.59. The fourth-order valence-corrected chi connectivity index (χ4v) is 4.44. The molecule has 0 aromatic heterocycles. The van der Waals surface area contributed by atoms with Crippen LogP contribution in [-0.4, -0.2) is 4.83 Å². The summed E-state index contributed by atoms with van der Waals surface area (Å²) < 4.78 is 0. The Hall–Kier alpha value is 0. The number of hydrogen-bond donors (Lipinski definition) is 0. The maximum absolute atomic E-state index is 3.86. The average molecular weight is 311 g/mol. The highest BCUT2D eigenvalue weighted by molar-refractivity contribution is 9.09. The first kappa shape index (κ1) is 14.4. The minimum Gasteiger partial charge on any atom is -0.130 e. The topological polar surface area (TPSA) is 0 Å². The molecule has 102 valence electrons. The number of halogens is 1. The van der Waals surface area contributed by atoms with Gasteiger partial charge >= 0.3 is 0 Å². The minimum absolute atomic E-state index is 0.786. The summed E-state index contributed by atoms with van der Waals surface area (Å²) in [6, 6.07) is 0. The van der Waals surface area contributed by atoms with E-state index in [2.05, 4.69) is 40.7 Å². The zero-order chi connectivity index (χ0) is 12.8. The molecule has 0 heterocycles. The lowest BCUT2D eigenvalue weighted by atomic mass is 9.78. The van der Waals surface area contributed by atoms with E-state index in [1.54, 1.807) is 0 Å². The molecule has 2 aliphatic carbocycles. The summed E-state index contributed by atoms with van der Waals surface area (Å²) in [6.45, 7) is 2.44. The molecule has 1 saturated carbocycles. The van der Waals surface area contributed by atoms with Crippen LogP contribution in [0.15, 0.2) is 17.9 Å². The number of alkyl halides is 1. The minimum atomic E-state index is 0.786. The molecule has 0 saturated heterocycles. The first-order valence-corrected chi connectivity index (χ1v) is 8.70. The Labute approximate surface area is 121 Å². The van der Waals surface area contributed by atoms with Crippen LogP contribution >= 0.6 is 15.9 Å². The van der Waals surface area contributed by atoms with E-state index in [0.717, 1.165) is 22.6 Å². The first-order valence-electron chi connectivity index (χ1n) is 7.79. The summed E-state index contributed by atoms with van der Waals surface area (Å²) >= 11 is 3.86. The van der Waals surface area contributed by atoms with Crippen molar-refractivity contribution >= 4 is 15.9 Å². The molecule has 3 unspecified atom stereocenters. The molecule has 18 heavy (non-hydrogen) atoms. The Morgan fingerprint density at radius 1 is 1.17 bits per heavy atom. The second-order valence-corrected chi connectivity index (χ2v) is 7.64. The molecule has 0 amide bonds. The largest absolute Gasteiger partial charge is 0.130 e. The van der Waals surface area contributed by atoms with Crippen LogP contribution in [0.25, 0.3) is 0 Å². The molecule has 1 fully saturated rings. The summed E-state index contributed by atoms with van der Waals surface area (Å²) in [5.74, 6) is 2.75. The van der Waals surface area contributed by atoms with Crippen molar-refractivity contribution in [1.82, 2.24) is 0 Å². The van der Waals surface area contributed by atoms with Gasteiger partial charge in [-0.05, 0) is 68.4 Å². The Morgan fingerprint density at radius 3 is 2.89 bits per heavy atom. The van der Waals surface area contributed by atoms with Gasteiger partial charge in [0.05, 0.1) is 0 Å². The van der Waals surface area contributed by atoms with E-state index >= 15 is 0 Å². The van der Waals surface area contributed by atoms with Crippen molar-refractivity contribution in [3.63, 3.8) is 0 Å². The van der Waals surface area contributed by atoms with Crippen molar-refractivity contribution in [2.45, 2.75) is 69.5 Å². The van der Waals surface area contributed by atoms with E-state index in [1.807, 2.05) is 0 Å². The van der Waals surface area contributed by atoms with E-state index in [9.17, 15) is 0 Å². The fraction of sp³-hybridized carbons (Fsp3) is 0.824. The van der Waals surface area contributed by atoms with Crippen LogP contribution in [0.4, 0.5) is 0 Å². The molecule has 2 rings (SSSR count). The Kier molecular flexibility index (Phi) is 6.05. The molecular weight excluding hydrogens is 284 g/mol. The lowest BCUT2D eigenvalue weighted by Crippen LogP contribution is -2.18. The lowest BCUT2D eigenvalue weighted by Gasteiger charge is -2.28. The molecule has 1 heteroatoms. The van der Waals surface area contributed by atoms with E-state index in [4.69, 9.17) is 0 Å². The normalized spacial score (nSPS) is 37.9. The van der Waals surface area contributed by atoms with Crippen molar-refractivity contribution in [2.24, 2.45) is 17.8 Å². The van der Waals surface area contributed by atoms with Gasteiger partial charge in [-0.2, -0.15) is 0 Å².